The van der Waals surface area contributed by atoms with E-state index < -0.39 is 30.3 Å². The van der Waals surface area contributed by atoms with E-state index in [0.29, 0.717) is 28.5 Å². The molecule has 0 aliphatic carbocycles. The van der Waals surface area contributed by atoms with Crippen LogP contribution in [0.5, 0.6) is 11.5 Å². The van der Waals surface area contributed by atoms with Crippen molar-refractivity contribution in [1.82, 2.24) is 9.80 Å². The predicted molar refractivity (Wildman–Crippen MR) is 91.9 cm³/mol. The topological polar surface area (TPSA) is 105 Å². The van der Waals surface area contributed by atoms with E-state index in [-0.39, 0.29) is 6.54 Å². The average molecular weight is 363 g/mol. The Labute approximate surface area is 150 Å². The predicted octanol–water partition coefficient (Wildman–Crippen LogP) is 1.23. The van der Waals surface area contributed by atoms with Gasteiger partial charge < -0.3 is 14.8 Å². The van der Waals surface area contributed by atoms with Crippen LogP contribution < -0.4 is 14.8 Å². The molecule has 1 aliphatic rings. The number of nitrogens with one attached hydrogen (secondary N) is 1. The van der Waals surface area contributed by atoms with Crippen LogP contribution in [0.25, 0.3) is 0 Å². The third-order valence-electron chi connectivity index (χ3n) is 3.81. The van der Waals surface area contributed by atoms with E-state index in [2.05, 4.69) is 5.32 Å². The highest BCUT2D eigenvalue weighted by Crippen LogP contribution is 2.25. The second kappa shape index (κ2) is 8.32. The quantitative estimate of drug-likeness (QED) is 0.550. The summed E-state index contributed by atoms with van der Waals surface area (Å²) in [4.78, 5) is 49.8. The van der Waals surface area contributed by atoms with Crippen molar-refractivity contribution in [3.05, 3.63) is 18.2 Å². The van der Waals surface area contributed by atoms with E-state index in [0.717, 1.165) is 11.3 Å². The molecule has 0 bridgehead atoms. The molecular formula is C17H21N3O6. The first-order valence-corrected chi connectivity index (χ1v) is 8.11. The third kappa shape index (κ3) is 4.11. The summed E-state index contributed by atoms with van der Waals surface area (Å²) in [5, 5.41) is 2.56. The first-order valence-electron chi connectivity index (χ1n) is 8.11. The van der Waals surface area contributed by atoms with Crippen molar-refractivity contribution in [3.63, 3.8) is 0 Å². The van der Waals surface area contributed by atoms with E-state index in [1.54, 1.807) is 18.2 Å². The molecule has 0 saturated carbocycles. The minimum absolute atomic E-state index is 0.158. The summed E-state index contributed by atoms with van der Waals surface area (Å²) in [5.41, 5.74) is 0.375. The lowest BCUT2D eigenvalue weighted by Crippen LogP contribution is -2.39. The van der Waals surface area contributed by atoms with Gasteiger partial charge in [0.15, 0.2) is 0 Å². The minimum atomic E-state index is -0.996. The summed E-state index contributed by atoms with van der Waals surface area (Å²) in [6, 6.07) is 3.99. The average Bonchev–Trinajstić information content (AvgIpc) is 2.83. The fourth-order valence-corrected chi connectivity index (χ4v) is 2.43. The van der Waals surface area contributed by atoms with Crippen LogP contribution in [0.4, 0.5) is 10.5 Å². The summed E-state index contributed by atoms with van der Waals surface area (Å²) in [6.45, 7) is 1.51. The summed E-state index contributed by atoms with van der Waals surface area (Å²) >= 11 is 0. The molecule has 0 unspecified atom stereocenters. The SMILES string of the molecule is CCCCN1C(=O)C(=O)N(CC(=O)Nc2cc(OC)cc(OC)c2)C1=O. The van der Waals surface area contributed by atoms with Gasteiger partial charge in [-0.05, 0) is 6.42 Å². The lowest BCUT2D eigenvalue weighted by atomic mass is 10.2. The molecule has 1 N–H and O–H groups in total. The maximum Gasteiger partial charge on any atom is 0.334 e. The van der Waals surface area contributed by atoms with Gasteiger partial charge in [-0.15, -0.1) is 0 Å². The van der Waals surface area contributed by atoms with Crippen LogP contribution in [-0.4, -0.2) is 60.9 Å². The first kappa shape index (κ1) is 19.2. The van der Waals surface area contributed by atoms with Gasteiger partial charge in [0.2, 0.25) is 5.91 Å². The van der Waals surface area contributed by atoms with Crippen molar-refractivity contribution in [3.8, 4) is 11.5 Å². The number of imide groups is 2. The zero-order chi connectivity index (χ0) is 19.3. The van der Waals surface area contributed by atoms with Gasteiger partial charge >= 0.3 is 17.8 Å². The Morgan fingerprint density at radius 2 is 1.58 bits per heavy atom. The fraction of sp³-hybridized carbons (Fsp3) is 0.412. The maximum absolute atomic E-state index is 12.2. The number of rotatable bonds is 8. The number of urea groups is 1. The van der Waals surface area contributed by atoms with E-state index in [1.165, 1.54) is 14.2 Å². The van der Waals surface area contributed by atoms with Gasteiger partial charge in [-0.1, -0.05) is 13.3 Å². The molecule has 1 saturated heterocycles. The van der Waals surface area contributed by atoms with E-state index in [4.69, 9.17) is 9.47 Å². The van der Waals surface area contributed by atoms with Gasteiger partial charge in [-0.2, -0.15) is 0 Å². The lowest BCUT2D eigenvalue weighted by Gasteiger charge is -2.15. The van der Waals surface area contributed by atoms with Crippen molar-refractivity contribution in [2.45, 2.75) is 19.8 Å². The molecule has 0 radical (unpaired) electrons. The molecule has 2 rings (SSSR count). The number of hydrogen-bond donors (Lipinski definition) is 1. The molecule has 9 heteroatoms. The van der Waals surface area contributed by atoms with Crippen molar-refractivity contribution < 1.29 is 28.7 Å². The second-order valence-electron chi connectivity index (χ2n) is 5.63. The summed E-state index contributed by atoms with van der Waals surface area (Å²) in [7, 11) is 2.94. The van der Waals surface area contributed by atoms with Crippen LogP contribution in [0.1, 0.15) is 19.8 Å². The van der Waals surface area contributed by atoms with Crippen molar-refractivity contribution in [2.24, 2.45) is 0 Å². The van der Waals surface area contributed by atoms with E-state index in [1.807, 2.05) is 6.92 Å². The molecule has 9 nitrogen and oxygen atoms in total. The molecule has 26 heavy (non-hydrogen) atoms. The molecule has 140 valence electrons. The normalized spacial score (nSPS) is 14.0. The van der Waals surface area contributed by atoms with Crippen LogP contribution >= 0.6 is 0 Å². The zero-order valence-electron chi connectivity index (χ0n) is 14.9. The minimum Gasteiger partial charge on any atom is -0.497 e. The van der Waals surface area contributed by atoms with Gasteiger partial charge in [0.05, 0.1) is 14.2 Å². The summed E-state index contributed by atoms with van der Waals surface area (Å²) < 4.78 is 10.2. The Morgan fingerprint density at radius 3 is 2.12 bits per heavy atom. The number of nitrogens with zero attached hydrogens (tertiary/aromatic N) is 2. The second-order valence-corrected chi connectivity index (χ2v) is 5.63. The smallest absolute Gasteiger partial charge is 0.334 e. The number of carbonyl (C=O) groups excluding carboxylic acids is 4. The largest absolute Gasteiger partial charge is 0.497 e. The van der Waals surface area contributed by atoms with Crippen LogP contribution in [0.2, 0.25) is 0 Å². The number of benzene rings is 1. The highest BCUT2D eigenvalue weighted by Gasteiger charge is 2.44. The van der Waals surface area contributed by atoms with Crippen LogP contribution in [0.3, 0.4) is 0 Å². The van der Waals surface area contributed by atoms with Gasteiger partial charge in [-0.3, -0.25) is 19.3 Å². The molecule has 1 aliphatic heterocycles. The number of methoxy groups -OCH3 is 2. The highest BCUT2D eigenvalue weighted by molar-refractivity contribution is 6.45. The van der Waals surface area contributed by atoms with Crippen LogP contribution in [0.15, 0.2) is 18.2 Å². The lowest BCUT2D eigenvalue weighted by molar-refractivity contribution is -0.143. The standard InChI is InChI=1S/C17H21N3O6/c1-4-5-6-19-15(22)16(23)20(17(19)24)10-14(21)18-11-7-12(25-2)9-13(8-11)26-3/h7-9H,4-6,10H2,1-3H3,(H,18,21). The van der Waals surface area contributed by atoms with Gasteiger partial charge in [0.25, 0.3) is 0 Å². The van der Waals surface area contributed by atoms with Crippen molar-refractivity contribution >= 4 is 29.4 Å². The van der Waals surface area contributed by atoms with Crippen molar-refractivity contribution in [1.29, 1.82) is 0 Å². The first-order chi connectivity index (χ1) is 12.4. The molecule has 0 aromatic heterocycles. The fourth-order valence-electron chi connectivity index (χ4n) is 2.43. The summed E-state index contributed by atoms with van der Waals surface area (Å²) in [5.74, 6) is -1.58. The molecule has 5 amide bonds. The monoisotopic (exact) mass is 363 g/mol. The van der Waals surface area contributed by atoms with Crippen molar-refractivity contribution in [2.75, 3.05) is 32.6 Å². The highest BCUT2D eigenvalue weighted by atomic mass is 16.5. The van der Waals surface area contributed by atoms with Gasteiger partial charge in [-0.25, -0.2) is 9.69 Å². The Hall–Kier alpha value is -3.10. The molecule has 1 aromatic rings. The number of carbonyl (C=O) groups is 4. The number of unbranched alkanes of at least 4 members (excludes halogenated alkanes) is 1. The number of hydrogen-bond acceptors (Lipinski definition) is 6. The van der Waals surface area contributed by atoms with Gasteiger partial charge in [0, 0.05) is 30.4 Å². The molecule has 1 fully saturated rings. The van der Waals surface area contributed by atoms with Crippen LogP contribution in [0, 0.1) is 0 Å². The number of anilines is 1. The summed E-state index contributed by atoms with van der Waals surface area (Å²) in [6.07, 6.45) is 1.36. The third-order valence-corrected chi connectivity index (χ3v) is 3.81. The molecule has 1 aromatic carbocycles. The van der Waals surface area contributed by atoms with E-state index in [9.17, 15) is 19.2 Å². The molecule has 0 spiro atoms. The van der Waals surface area contributed by atoms with E-state index >= 15 is 0 Å². The van der Waals surface area contributed by atoms with Crippen LogP contribution in [-0.2, 0) is 14.4 Å². The molecule has 1 heterocycles. The molecule has 0 atom stereocenters. The van der Waals surface area contributed by atoms with Gasteiger partial charge in [0.1, 0.15) is 18.0 Å². The zero-order valence-corrected chi connectivity index (χ0v) is 14.9. The maximum atomic E-state index is 12.2. The Kier molecular flexibility index (Phi) is 6.16. The number of ether oxygens (including phenoxy) is 2. The Morgan fingerprint density at radius 1 is 1.00 bits per heavy atom. The Bertz CT molecular complexity index is 711. The number of amides is 5. The Balaban J connectivity index is 2.07. The molecular weight excluding hydrogens is 342 g/mol.